The van der Waals surface area contributed by atoms with Crippen LogP contribution in [0.4, 0.5) is 0 Å². The molecule has 0 amide bonds. The molecule has 114 valence electrons. The lowest BCUT2D eigenvalue weighted by Crippen LogP contribution is -2.29. The second kappa shape index (κ2) is 6.23. The van der Waals surface area contributed by atoms with Crippen LogP contribution in [-0.4, -0.2) is 34.1 Å². The van der Waals surface area contributed by atoms with Crippen molar-refractivity contribution in [1.82, 2.24) is 15.3 Å². The Morgan fingerprint density at radius 2 is 2.05 bits per heavy atom. The van der Waals surface area contributed by atoms with Crippen molar-refractivity contribution in [3.05, 3.63) is 47.4 Å². The van der Waals surface area contributed by atoms with E-state index < -0.39 is 5.97 Å². The summed E-state index contributed by atoms with van der Waals surface area (Å²) in [5, 5.41) is 12.4. The van der Waals surface area contributed by atoms with Crippen molar-refractivity contribution in [3.8, 4) is 11.3 Å². The summed E-state index contributed by atoms with van der Waals surface area (Å²) in [5.74, 6) is 0.314. The van der Waals surface area contributed by atoms with E-state index in [1.54, 1.807) is 24.3 Å². The van der Waals surface area contributed by atoms with Crippen LogP contribution >= 0.6 is 0 Å². The molecule has 3 rings (SSSR count). The number of rotatable bonds is 3. The van der Waals surface area contributed by atoms with E-state index in [2.05, 4.69) is 10.3 Å². The zero-order valence-corrected chi connectivity index (χ0v) is 12.5. The number of aryl methyl sites for hydroxylation is 1. The normalized spacial score (nSPS) is 18.1. The van der Waals surface area contributed by atoms with Gasteiger partial charge in [-0.1, -0.05) is 12.1 Å². The zero-order valence-electron chi connectivity index (χ0n) is 12.5. The molecular formula is C17H19N3O2. The molecule has 1 saturated heterocycles. The average molecular weight is 297 g/mol. The summed E-state index contributed by atoms with van der Waals surface area (Å²) in [5.41, 5.74) is 2.99. The quantitative estimate of drug-likeness (QED) is 0.911. The molecule has 0 aliphatic carbocycles. The molecular weight excluding hydrogens is 278 g/mol. The van der Waals surface area contributed by atoms with Crippen LogP contribution in [0.3, 0.4) is 0 Å². The predicted molar refractivity (Wildman–Crippen MR) is 84.0 cm³/mol. The summed E-state index contributed by atoms with van der Waals surface area (Å²) in [6.45, 7) is 3.95. The number of aromatic nitrogens is 2. The lowest BCUT2D eigenvalue weighted by molar-refractivity contribution is 0.0697. The van der Waals surface area contributed by atoms with E-state index in [1.807, 2.05) is 13.0 Å². The van der Waals surface area contributed by atoms with Crippen LogP contribution < -0.4 is 5.32 Å². The maximum absolute atomic E-state index is 10.9. The number of aromatic carboxylic acids is 1. The van der Waals surface area contributed by atoms with E-state index in [4.69, 9.17) is 10.1 Å². The number of nitrogens with zero attached hydrogens (tertiary/aromatic N) is 2. The van der Waals surface area contributed by atoms with E-state index in [1.165, 1.54) is 0 Å². The smallest absolute Gasteiger partial charge is 0.335 e. The fourth-order valence-electron chi connectivity index (χ4n) is 2.78. The number of carbonyl (C=O) groups is 1. The molecule has 1 aromatic carbocycles. The molecule has 2 heterocycles. The summed E-state index contributed by atoms with van der Waals surface area (Å²) in [7, 11) is 0. The van der Waals surface area contributed by atoms with Gasteiger partial charge in [0.15, 0.2) is 0 Å². The Bertz CT molecular complexity index is 677. The van der Waals surface area contributed by atoms with E-state index in [0.29, 0.717) is 5.92 Å². The summed E-state index contributed by atoms with van der Waals surface area (Å²) in [6.07, 6.45) is 2.25. The number of hydrogen-bond donors (Lipinski definition) is 2. The maximum Gasteiger partial charge on any atom is 0.335 e. The molecule has 1 atom stereocenters. The van der Waals surface area contributed by atoms with Crippen LogP contribution in [0.2, 0.25) is 0 Å². The fraction of sp³-hybridized carbons (Fsp3) is 0.353. The number of benzene rings is 1. The summed E-state index contributed by atoms with van der Waals surface area (Å²) in [6, 6.07) is 8.76. The average Bonchev–Trinajstić information content (AvgIpc) is 2.55. The minimum absolute atomic E-state index is 0.284. The van der Waals surface area contributed by atoms with E-state index >= 15 is 0 Å². The third kappa shape index (κ3) is 3.14. The number of carboxylic acid groups (broad SMARTS) is 1. The summed E-state index contributed by atoms with van der Waals surface area (Å²) < 4.78 is 0. The molecule has 0 spiro atoms. The second-order valence-corrected chi connectivity index (χ2v) is 5.68. The molecule has 1 aliphatic rings. The molecule has 1 fully saturated rings. The van der Waals surface area contributed by atoms with Crippen LogP contribution in [0.15, 0.2) is 30.3 Å². The minimum Gasteiger partial charge on any atom is -0.478 e. The van der Waals surface area contributed by atoms with Gasteiger partial charge >= 0.3 is 5.97 Å². The minimum atomic E-state index is -0.917. The van der Waals surface area contributed by atoms with Crippen LogP contribution in [-0.2, 0) is 0 Å². The summed E-state index contributed by atoms with van der Waals surface area (Å²) >= 11 is 0. The van der Waals surface area contributed by atoms with Crippen molar-refractivity contribution < 1.29 is 9.90 Å². The predicted octanol–water partition coefficient (Wildman–Crippen LogP) is 2.62. The molecule has 1 unspecified atom stereocenters. The monoisotopic (exact) mass is 297 g/mol. The molecule has 5 heteroatoms. The molecule has 5 nitrogen and oxygen atoms in total. The third-order valence-electron chi connectivity index (χ3n) is 3.96. The first kappa shape index (κ1) is 14.7. The number of hydrogen-bond acceptors (Lipinski definition) is 4. The van der Waals surface area contributed by atoms with E-state index in [-0.39, 0.29) is 5.56 Å². The highest BCUT2D eigenvalue weighted by Crippen LogP contribution is 2.24. The van der Waals surface area contributed by atoms with Crippen LogP contribution in [0.25, 0.3) is 11.3 Å². The standard InChI is InChI=1S/C17H19N3O2/c1-11-9-15(12-4-6-13(7-5-12)17(21)22)20-16(19-11)14-3-2-8-18-10-14/h4-7,9,14,18H,2-3,8,10H2,1H3,(H,21,22). The second-order valence-electron chi connectivity index (χ2n) is 5.68. The van der Waals surface area contributed by atoms with Crippen molar-refractivity contribution in [2.75, 3.05) is 13.1 Å². The van der Waals surface area contributed by atoms with Gasteiger partial charge in [0.2, 0.25) is 0 Å². The maximum atomic E-state index is 10.9. The van der Waals surface area contributed by atoms with Gasteiger partial charge < -0.3 is 10.4 Å². The van der Waals surface area contributed by atoms with Crippen LogP contribution in [0, 0.1) is 6.92 Å². The Balaban J connectivity index is 1.92. The SMILES string of the molecule is Cc1cc(-c2ccc(C(=O)O)cc2)nc(C2CCCNC2)n1. The molecule has 0 bridgehead atoms. The van der Waals surface area contributed by atoms with Crippen molar-refractivity contribution in [2.45, 2.75) is 25.7 Å². The van der Waals surface area contributed by atoms with Crippen LogP contribution in [0.5, 0.6) is 0 Å². The lowest BCUT2D eigenvalue weighted by atomic mass is 9.98. The van der Waals surface area contributed by atoms with Gasteiger partial charge in [-0.25, -0.2) is 14.8 Å². The van der Waals surface area contributed by atoms with Gasteiger partial charge in [0.05, 0.1) is 11.3 Å². The Morgan fingerprint density at radius 1 is 1.27 bits per heavy atom. The van der Waals surface area contributed by atoms with Gasteiger partial charge in [0, 0.05) is 23.7 Å². The first-order chi connectivity index (χ1) is 10.6. The number of nitrogens with one attached hydrogen (secondary N) is 1. The van der Waals surface area contributed by atoms with Crippen molar-refractivity contribution in [2.24, 2.45) is 0 Å². The number of piperidine rings is 1. The van der Waals surface area contributed by atoms with Crippen molar-refractivity contribution in [3.63, 3.8) is 0 Å². The molecule has 0 radical (unpaired) electrons. The van der Waals surface area contributed by atoms with E-state index in [9.17, 15) is 4.79 Å². The molecule has 1 aliphatic heterocycles. The molecule has 0 saturated carbocycles. The van der Waals surface area contributed by atoms with Gasteiger partial charge in [-0.15, -0.1) is 0 Å². The van der Waals surface area contributed by atoms with Crippen LogP contribution in [0.1, 0.15) is 40.6 Å². The largest absolute Gasteiger partial charge is 0.478 e. The van der Waals surface area contributed by atoms with Gasteiger partial charge in [-0.3, -0.25) is 0 Å². The zero-order chi connectivity index (χ0) is 15.5. The van der Waals surface area contributed by atoms with Gasteiger partial charge in [0.1, 0.15) is 5.82 Å². The van der Waals surface area contributed by atoms with Gasteiger partial charge in [0.25, 0.3) is 0 Å². The van der Waals surface area contributed by atoms with Gasteiger partial charge in [-0.05, 0) is 44.5 Å². The topological polar surface area (TPSA) is 75.1 Å². The lowest BCUT2D eigenvalue weighted by Gasteiger charge is -2.22. The Morgan fingerprint density at radius 3 is 2.68 bits per heavy atom. The highest BCUT2D eigenvalue weighted by Gasteiger charge is 2.19. The molecule has 2 aromatic rings. The first-order valence-corrected chi connectivity index (χ1v) is 7.53. The van der Waals surface area contributed by atoms with E-state index in [0.717, 1.165) is 48.7 Å². The van der Waals surface area contributed by atoms with Crippen molar-refractivity contribution in [1.29, 1.82) is 0 Å². The van der Waals surface area contributed by atoms with Gasteiger partial charge in [-0.2, -0.15) is 0 Å². The highest BCUT2D eigenvalue weighted by molar-refractivity contribution is 5.88. The highest BCUT2D eigenvalue weighted by atomic mass is 16.4. The molecule has 2 N–H and O–H groups in total. The Hall–Kier alpha value is -2.27. The van der Waals surface area contributed by atoms with Crippen molar-refractivity contribution >= 4 is 5.97 Å². The molecule has 1 aromatic heterocycles. The number of carboxylic acids is 1. The summed E-state index contributed by atoms with van der Waals surface area (Å²) in [4.78, 5) is 20.2. The molecule has 22 heavy (non-hydrogen) atoms. The fourth-order valence-corrected chi connectivity index (χ4v) is 2.78. The first-order valence-electron chi connectivity index (χ1n) is 7.53. The Labute approximate surface area is 129 Å². The Kier molecular flexibility index (Phi) is 4.15. The third-order valence-corrected chi connectivity index (χ3v) is 3.96.